The van der Waals surface area contributed by atoms with Crippen molar-refractivity contribution < 1.29 is 12.8 Å². The fraction of sp³-hybridized carbons (Fsp3) is 0.429. The Bertz CT molecular complexity index is 1240. The average Bonchev–Trinajstić information content (AvgIpc) is 3.20. The maximum atomic E-state index is 13.2. The summed E-state index contributed by atoms with van der Waals surface area (Å²) < 4.78 is 42.1. The number of aromatic amines is 1. The van der Waals surface area contributed by atoms with Crippen molar-refractivity contribution in [2.24, 2.45) is 0 Å². The number of piperazine rings is 1. The molecule has 1 N–H and O–H groups in total. The first-order chi connectivity index (χ1) is 15.3. The quantitative estimate of drug-likeness (QED) is 0.562. The summed E-state index contributed by atoms with van der Waals surface area (Å²) in [6.45, 7) is 6.93. The van der Waals surface area contributed by atoms with Gasteiger partial charge in [-0.05, 0) is 23.8 Å². The van der Waals surface area contributed by atoms with Gasteiger partial charge in [-0.3, -0.25) is 9.69 Å². The minimum absolute atomic E-state index is 0.203. The first kappa shape index (κ1) is 23.0. The van der Waals surface area contributed by atoms with Gasteiger partial charge in [0.2, 0.25) is 0 Å². The number of aromatic nitrogens is 2. The summed E-state index contributed by atoms with van der Waals surface area (Å²) in [5.74, 6) is 0.240. The van der Waals surface area contributed by atoms with Gasteiger partial charge in [-0.15, -0.1) is 11.3 Å². The third-order valence-corrected chi connectivity index (χ3v) is 8.98. The molecule has 0 saturated carbocycles. The molecule has 3 aromatic rings. The number of H-pyrrole nitrogens is 1. The van der Waals surface area contributed by atoms with E-state index in [-0.39, 0.29) is 11.4 Å². The number of fused-ring (bicyclic) bond motifs is 1. The monoisotopic (exact) mass is 479 g/mol. The molecule has 3 heterocycles. The summed E-state index contributed by atoms with van der Waals surface area (Å²) in [5.41, 5.74) is 1.24. The van der Waals surface area contributed by atoms with Gasteiger partial charge in [-0.25, -0.2) is 9.37 Å². The molecule has 172 valence electrons. The second-order valence-electron chi connectivity index (χ2n) is 7.61. The van der Waals surface area contributed by atoms with Crippen LogP contribution in [0.5, 0.6) is 0 Å². The van der Waals surface area contributed by atoms with Crippen molar-refractivity contribution in [3.63, 3.8) is 0 Å². The van der Waals surface area contributed by atoms with Gasteiger partial charge in [0.25, 0.3) is 15.8 Å². The predicted molar refractivity (Wildman–Crippen MR) is 124 cm³/mol. The first-order valence-electron chi connectivity index (χ1n) is 10.6. The van der Waals surface area contributed by atoms with E-state index in [1.165, 1.54) is 32.1 Å². The van der Waals surface area contributed by atoms with E-state index in [1.807, 2.05) is 19.9 Å². The lowest BCUT2D eigenvalue weighted by molar-refractivity contribution is 0.172. The molecule has 0 aliphatic carbocycles. The molecule has 2 aromatic heterocycles. The molecular formula is C21H26FN5O3S2. The highest BCUT2D eigenvalue weighted by Gasteiger charge is 2.30. The molecule has 8 nitrogen and oxygen atoms in total. The van der Waals surface area contributed by atoms with Crippen LogP contribution >= 0.6 is 11.3 Å². The molecular weight excluding hydrogens is 453 g/mol. The van der Waals surface area contributed by atoms with Gasteiger partial charge in [0, 0.05) is 44.1 Å². The van der Waals surface area contributed by atoms with Crippen LogP contribution in [-0.4, -0.2) is 71.2 Å². The Balaban J connectivity index is 1.47. The van der Waals surface area contributed by atoms with E-state index in [0.717, 1.165) is 10.4 Å². The largest absolute Gasteiger partial charge is 0.308 e. The molecule has 32 heavy (non-hydrogen) atoms. The molecule has 0 radical (unpaired) electrons. The average molecular weight is 480 g/mol. The number of nitrogens with one attached hydrogen (secondary N) is 1. The zero-order valence-corrected chi connectivity index (χ0v) is 19.7. The normalized spacial score (nSPS) is 16.2. The summed E-state index contributed by atoms with van der Waals surface area (Å²) in [7, 11) is -3.44. The van der Waals surface area contributed by atoms with Gasteiger partial charge in [-0.2, -0.15) is 17.0 Å². The maximum Gasteiger partial charge on any atom is 0.282 e. The fourth-order valence-corrected chi connectivity index (χ4v) is 6.46. The third-order valence-electron chi connectivity index (χ3n) is 5.62. The van der Waals surface area contributed by atoms with E-state index < -0.39 is 10.2 Å². The van der Waals surface area contributed by atoms with Crippen molar-refractivity contribution in [2.45, 2.75) is 20.4 Å². The number of benzene rings is 1. The second-order valence-corrected chi connectivity index (χ2v) is 10.6. The summed E-state index contributed by atoms with van der Waals surface area (Å²) in [6.07, 6.45) is 0. The van der Waals surface area contributed by atoms with Gasteiger partial charge in [-0.1, -0.05) is 26.0 Å². The number of hydrogen-bond donors (Lipinski definition) is 1. The van der Waals surface area contributed by atoms with Crippen LogP contribution in [0.25, 0.3) is 20.7 Å². The number of rotatable bonds is 7. The van der Waals surface area contributed by atoms with Gasteiger partial charge in [0.1, 0.15) is 16.3 Å². The van der Waals surface area contributed by atoms with Gasteiger partial charge in [0.05, 0.1) is 12.1 Å². The van der Waals surface area contributed by atoms with Crippen LogP contribution in [0.15, 0.2) is 35.1 Å². The van der Waals surface area contributed by atoms with Crippen LogP contribution in [0.1, 0.15) is 19.7 Å². The van der Waals surface area contributed by atoms with Crippen LogP contribution in [0.3, 0.4) is 0 Å². The molecule has 11 heteroatoms. The lowest BCUT2D eigenvalue weighted by atomic mass is 10.2. The molecule has 1 saturated heterocycles. The molecule has 1 aliphatic rings. The Hall–Kier alpha value is -2.18. The van der Waals surface area contributed by atoms with E-state index in [1.54, 1.807) is 12.1 Å². The van der Waals surface area contributed by atoms with Crippen LogP contribution in [0, 0.1) is 5.82 Å². The number of halogens is 1. The molecule has 1 fully saturated rings. The second kappa shape index (κ2) is 9.36. The Morgan fingerprint density at radius 2 is 1.78 bits per heavy atom. The summed E-state index contributed by atoms with van der Waals surface area (Å²) >= 11 is 1.33. The Morgan fingerprint density at radius 3 is 2.41 bits per heavy atom. The van der Waals surface area contributed by atoms with Crippen LogP contribution < -0.4 is 5.56 Å². The zero-order valence-electron chi connectivity index (χ0n) is 18.0. The van der Waals surface area contributed by atoms with Crippen molar-refractivity contribution in [1.29, 1.82) is 0 Å². The third kappa shape index (κ3) is 4.62. The molecule has 0 amide bonds. The van der Waals surface area contributed by atoms with E-state index >= 15 is 0 Å². The summed E-state index contributed by atoms with van der Waals surface area (Å²) in [4.78, 5) is 23.0. The lowest BCUT2D eigenvalue weighted by Crippen LogP contribution is -2.52. The molecule has 0 atom stereocenters. The smallest absolute Gasteiger partial charge is 0.282 e. The molecule has 0 unspecified atom stereocenters. The lowest BCUT2D eigenvalue weighted by Gasteiger charge is -2.36. The molecule has 1 aliphatic heterocycles. The van der Waals surface area contributed by atoms with E-state index in [2.05, 4.69) is 14.9 Å². The van der Waals surface area contributed by atoms with E-state index in [9.17, 15) is 17.6 Å². The van der Waals surface area contributed by atoms with Crippen molar-refractivity contribution in [3.8, 4) is 10.4 Å². The van der Waals surface area contributed by atoms with Crippen LogP contribution in [-0.2, 0) is 16.8 Å². The Morgan fingerprint density at radius 1 is 1.12 bits per heavy atom. The fourth-order valence-electron chi connectivity index (χ4n) is 3.86. The minimum Gasteiger partial charge on any atom is -0.308 e. The number of hydrogen-bond acceptors (Lipinski definition) is 6. The van der Waals surface area contributed by atoms with Crippen molar-refractivity contribution >= 4 is 31.8 Å². The molecule has 0 bridgehead atoms. The van der Waals surface area contributed by atoms with E-state index in [0.29, 0.717) is 61.9 Å². The minimum atomic E-state index is -3.44. The highest BCUT2D eigenvalue weighted by molar-refractivity contribution is 7.86. The maximum absolute atomic E-state index is 13.2. The van der Waals surface area contributed by atoms with Gasteiger partial charge < -0.3 is 4.98 Å². The van der Waals surface area contributed by atoms with Gasteiger partial charge in [0.15, 0.2) is 0 Å². The van der Waals surface area contributed by atoms with E-state index in [4.69, 9.17) is 0 Å². The summed E-state index contributed by atoms with van der Waals surface area (Å²) in [5, 5.41) is 0. The van der Waals surface area contributed by atoms with Crippen LogP contribution in [0.2, 0.25) is 0 Å². The highest BCUT2D eigenvalue weighted by Crippen LogP contribution is 2.31. The highest BCUT2D eigenvalue weighted by atomic mass is 32.2. The first-order valence-corrected chi connectivity index (χ1v) is 12.8. The van der Waals surface area contributed by atoms with Gasteiger partial charge >= 0.3 is 0 Å². The Kier molecular flexibility index (Phi) is 6.72. The number of thiophene rings is 1. The number of nitrogens with zero attached hydrogens (tertiary/aromatic N) is 4. The summed E-state index contributed by atoms with van der Waals surface area (Å²) in [6, 6.07) is 7.99. The molecule has 0 spiro atoms. The topological polar surface area (TPSA) is 89.6 Å². The van der Waals surface area contributed by atoms with Crippen LogP contribution in [0.4, 0.5) is 4.39 Å². The van der Waals surface area contributed by atoms with Crippen molar-refractivity contribution in [1.82, 2.24) is 23.5 Å². The molecule has 4 rings (SSSR count). The van der Waals surface area contributed by atoms with Crippen molar-refractivity contribution in [2.75, 3.05) is 39.3 Å². The Labute approximate surface area is 190 Å². The predicted octanol–water partition coefficient (Wildman–Crippen LogP) is 2.49. The standard InChI is InChI=1S/C21H26FN5O3S2/c1-3-26(4-2)32(29,30)27-11-9-25(10-12-27)14-19-23-17-13-18(31-20(17)21(28)24-19)15-5-7-16(22)8-6-15/h5-8,13H,3-4,9-12,14H2,1-2H3,(H,23,24,28). The molecule has 1 aromatic carbocycles. The zero-order chi connectivity index (χ0) is 22.9. The van der Waals surface area contributed by atoms with Crippen molar-refractivity contribution in [3.05, 3.63) is 52.3 Å². The SMILES string of the molecule is CCN(CC)S(=O)(=O)N1CCN(Cc2nc3cc(-c4ccc(F)cc4)sc3c(=O)[nH]2)CC1.